The summed E-state index contributed by atoms with van der Waals surface area (Å²) >= 11 is 3.16. The van der Waals surface area contributed by atoms with Crippen LogP contribution in [0.5, 0.6) is 0 Å². The lowest BCUT2D eigenvalue weighted by Gasteiger charge is -2.11. The molecule has 7 heteroatoms. The average molecular weight is 351 g/mol. The van der Waals surface area contributed by atoms with Gasteiger partial charge in [0.15, 0.2) is 0 Å². The zero-order valence-corrected chi connectivity index (χ0v) is 13.0. The van der Waals surface area contributed by atoms with Crippen LogP contribution in [-0.4, -0.2) is 15.5 Å². The largest absolute Gasteiger partial charge is 0.294 e. The highest BCUT2D eigenvalue weighted by molar-refractivity contribution is 9.10. The van der Waals surface area contributed by atoms with E-state index in [0.29, 0.717) is 11.0 Å². The molecule has 0 fully saturated rings. The quantitative estimate of drug-likeness (QED) is 0.491. The molecule has 0 bridgehead atoms. The summed E-state index contributed by atoms with van der Waals surface area (Å²) in [5.41, 5.74) is 3.81. The Labute approximate surface area is 130 Å². The number of nitrogens with one attached hydrogen (secondary N) is 1. The normalized spacial score (nSPS) is 12.0. The molecule has 0 aliphatic rings. The summed E-state index contributed by atoms with van der Waals surface area (Å²) in [7, 11) is 0. The Kier molecular flexibility index (Phi) is 4.87. The van der Waals surface area contributed by atoms with Gasteiger partial charge in [0.25, 0.3) is 5.56 Å². The van der Waals surface area contributed by atoms with E-state index in [9.17, 15) is 9.59 Å². The third-order valence-corrected chi connectivity index (χ3v) is 3.77. The summed E-state index contributed by atoms with van der Waals surface area (Å²) in [5.74, 6) is 4.56. The number of carbonyl (C=O) groups is 1. The first-order valence-corrected chi connectivity index (χ1v) is 7.11. The lowest BCUT2D eigenvalue weighted by Crippen LogP contribution is -2.33. The topological polar surface area (TPSA) is 90.0 Å². The van der Waals surface area contributed by atoms with Crippen molar-refractivity contribution in [3.63, 3.8) is 0 Å². The highest BCUT2D eigenvalue weighted by Gasteiger charge is 2.13. The lowest BCUT2D eigenvalue weighted by molar-refractivity contribution is -0.122. The van der Waals surface area contributed by atoms with E-state index in [1.165, 1.54) is 17.1 Å². The van der Waals surface area contributed by atoms with Crippen LogP contribution in [0.15, 0.2) is 46.1 Å². The molecule has 2 rings (SSSR count). The number of hydrogen-bond donors (Lipinski definition) is 2. The van der Waals surface area contributed by atoms with E-state index >= 15 is 0 Å². The van der Waals surface area contributed by atoms with E-state index in [0.717, 1.165) is 11.1 Å². The number of carbonyl (C=O) groups excluding carboxylic acids is 1. The maximum atomic E-state index is 11.9. The van der Waals surface area contributed by atoms with Crippen LogP contribution in [0.1, 0.15) is 24.0 Å². The summed E-state index contributed by atoms with van der Waals surface area (Å²) in [6, 6.07) is 7.46. The Morgan fingerprint density at radius 1 is 1.43 bits per heavy atom. The van der Waals surface area contributed by atoms with E-state index < -0.39 is 0 Å². The van der Waals surface area contributed by atoms with E-state index in [2.05, 4.69) is 26.3 Å². The second-order valence-electron chi connectivity index (χ2n) is 4.65. The van der Waals surface area contributed by atoms with Gasteiger partial charge in [-0.05, 0) is 34.0 Å². The van der Waals surface area contributed by atoms with Crippen LogP contribution < -0.4 is 16.8 Å². The van der Waals surface area contributed by atoms with Crippen LogP contribution in [0.4, 0.5) is 0 Å². The van der Waals surface area contributed by atoms with Crippen molar-refractivity contribution < 1.29 is 4.79 Å². The van der Waals surface area contributed by atoms with Gasteiger partial charge in [-0.3, -0.25) is 19.6 Å². The maximum Gasteiger partial charge on any atom is 0.267 e. The summed E-state index contributed by atoms with van der Waals surface area (Å²) in [5, 5.41) is 0. The van der Waals surface area contributed by atoms with Gasteiger partial charge in [-0.2, -0.15) is 0 Å². The Bertz CT molecular complexity index is 697. The molecule has 0 spiro atoms. The van der Waals surface area contributed by atoms with Gasteiger partial charge in [0, 0.05) is 6.20 Å². The van der Waals surface area contributed by atoms with Crippen LogP contribution in [-0.2, 0) is 11.3 Å². The number of halogens is 1. The van der Waals surface area contributed by atoms with Crippen molar-refractivity contribution in [1.29, 1.82) is 0 Å². The molecule has 0 radical (unpaired) electrons. The molecule has 0 aliphatic carbocycles. The Morgan fingerprint density at radius 3 is 2.71 bits per heavy atom. The first kappa shape index (κ1) is 15.4. The van der Waals surface area contributed by atoms with Gasteiger partial charge in [0.1, 0.15) is 4.47 Å². The van der Waals surface area contributed by atoms with Crippen molar-refractivity contribution in [2.24, 2.45) is 5.84 Å². The molecule has 1 unspecified atom stereocenters. The molecular weight excluding hydrogens is 336 g/mol. The molecule has 1 atom stereocenters. The van der Waals surface area contributed by atoms with Crippen molar-refractivity contribution in [1.82, 2.24) is 15.0 Å². The zero-order valence-electron chi connectivity index (χ0n) is 11.4. The van der Waals surface area contributed by atoms with Crippen LogP contribution >= 0.6 is 15.9 Å². The van der Waals surface area contributed by atoms with Gasteiger partial charge >= 0.3 is 0 Å². The van der Waals surface area contributed by atoms with Gasteiger partial charge in [-0.25, -0.2) is 10.8 Å². The predicted octanol–water partition coefficient (Wildman–Crippen LogP) is 1.15. The van der Waals surface area contributed by atoms with Crippen LogP contribution in [0.2, 0.25) is 0 Å². The molecule has 1 heterocycles. The minimum absolute atomic E-state index is 0.134. The van der Waals surface area contributed by atoms with Crippen LogP contribution in [0, 0.1) is 0 Å². The number of aromatic nitrogens is 2. The van der Waals surface area contributed by atoms with Crippen molar-refractivity contribution in [3.8, 4) is 0 Å². The molecule has 1 aromatic carbocycles. The zero-order chi connectivity index (χ0) is 15.4. The van der Waals surface area contributed by atoms with Crippen molar-refractivity contribution in [2.45, 2.75) is 19.4 Å². The first-order chi connectivity index (χ1) is 10.0. The van der Waals surface area contributed by atoms with E-state index in [-0.39, 0.29) is 17.4 Å². The van der Waals surface area contributed by atoms with E-state index in [1.807, 2.05) is 24.3 Å². The second-order valence-corrected chi connectivity index (χ2v) is 5.50. The molecular formula is C14H15BrN4O2. The minimum Gasteiger partial charge on any atom is -0.294 e. The number of rotatable bonds is 4. The van der Waals surface area contributed by atoms with Crippen molar-refractivity contribution >= 4 is 21.8 Å². The summed E-state index contributed by atoms with van der Waals surface area (Å²) in [4.78, 5) is 27.3. The molecule has 0 saturated carbocycles. The van der Waals surface area contributed by atoms with Gasteiger partial charge in [-0.15, -0.1) is 0 Å². The average Bonchev–Trinajstić information content (AvgIpc) is 2.51. The van der Waals surface area contributed by atoms with Gasteiger partial charge in [0.05, 0.1) is 18.8 Å². The number of benzene rings is 1. The smallest absolute Gasteiger partial charge is 0.267 e. The fourth-order valence-electron chi connectivity index (χ4n) is 1.92. The Hall–Kier alpha value is -1.99. The third-order valence-electron chi connectivity index (χ3n) is 3.23. The molecule has 2 aromatic rings. The van der Waals surface area contributed by atoms with Crippen molar-refractivity contribution in [3.05, 3.63) is 62.7 Å². The highest BCUT2D eigenvalue weighted by atomic mass is 79.9. The van der Waals surface area contributed by atoms with Crippen LogP contribution in [0.25, 0.3) is 0 Å². The van der Waals surface area contributed by atoms with Gasteiger partial charge in [0.2, 0.25) is 5.91 Å². The third kappa shape index (κ3) is 3.56. The van der Waals surface area contributed by atoms with Crippen LogP contribution in [0.3, 0.4) is 0 Å². The molecule has 3 N–H and O–H groups in total. The number of nitrogens with two attached hydrogens (primary N) is 1. The summed E-state index contributed by atoms with van der Waals surface area (Å²) < 4.78 is 1.93. The standard InChI is InChI=1S/C14H15BrN4O2/c1-9(13(20)18-16)11-4-2-10(3-5-11)7-19-8-17-6-12(15)14(19)21/h2-6,8-9H,7,16H2,1H3,(H,18,20). The molecule has 110 valence electrons. The summed E-state index contributed by atoms with van der Waals surface area (Å²) in [6.07, 6.45) is 2.96. The predicted molar refractivity (Wildman–Crippen MR) is 82.5 cm³/mol. The summed E-state index contributed by atoms with van der Waals surface area (Å²) in [6.45, 7) is 2.20. The molecule has 1 aromatic heterocycles. The van der Waals surface area contributed by atoms with E-state index in [4.69, 9.17) is 5.84 Å². The lowest BCUT2D eigenvalue weighted by atomic mass is 9.99. The van der Waals surface area contributed by atoms with Crippen molar-refractivity contribution in [2.75, 3.05) is 0 Å². The second kappa shape index (κ2) is 6.64. The minimum atomic E-state index is -0.320. The first-order valence-electron chi connectivity index (χ1n) is 6.32. The number of nitrogens with zero attached hydrogens (tertiary/aromatic N) is 2. The Balaban J connectivity index is 2.18. The molecule has 0 saturated heterocycles. The fourth-order valence-corrected chi connectivity index (χ4v) is 2.27. The molecule has 0 aliphatic heterocycles. The SMILES string of the molecule is CC(C(=O)NN)c1ccc(Cn2cncc(Br)c2=O)cc1. The van der Waals surface area contributed by atoms with Gasteiger partial charge < -0.3 is 0 Å². The molecule has 1 amide bonds. The molecule has 6 nitrogen and oxygen atoms in total. The fraction of sp³-hybridized carbons (Fsp3) is 0.214. The maximum absolute atomic E-state index is 11.9. The van der Waals surface area contributed by atoms with E-state index in [1.54, 1.807) is 6.92 Å². The monoisotopic (exact) mass is 350 g/mol. The van der Waals surface area contributed by atoms with Gasteiger partial charge in [-0.1, -0.05) is 24.3 Å². The number of amides is 1. The number of hydrazine groups is 1. The Morgan fingerprint density at radius 2 is 2.10 bits per heavy atom. The number of hydrogen-bond acceptors (Lipinski definition) is 4. The molecule has 21 heavy (non-hydrogen) atoms. The highest BCUT2D eigenvalue weighted by Crippen LogP contribution is 2.16.